The first-order valence-electron chi connectivity index (χ1n) is 4.16. The lowest BCUT2D eigenvalue weighted by Crippen LogP contribution is -2.41. The van der Waals surface area contributed by atoms with E-state index in [1.165, 1.54) is 0 Å². The van der Waals surface area contributed by atoms with Crippen molar-refractivity contribution in [2.45, 2.75) is 13.8 Å². The van der Waals surface area contributed by atoms with Crippen molar-refractivity contribution in [1.82, 2.24) is 9.62 Å². The standard InChI is InChI=1S/C7H12N2O5S/c1-3-13-6(11)8-5(10)9(15)7(12)14-4-2/h15H,3-4H2,1-2H3,(H,8,10,11). The Morgan fingerprint density at radius 1 is 1.20 bits per heavy atom. The third-order valence-corrected chi connectivity index (χ3v) is 1.46. The fourth-order valence-electron chi connectivity index (χ4n) is 0.575. The predicted octanol–water partition coefficient (Wildman–Crippen LogP) is 1.16. The lowest BCUT2D eigenvalue weighted by atomic mass is 10.8. The van der Waals surface area contributed by atoms with Crippen LogP contribution in [0.2, 0.25) is 0 Å². The van der Waals surface area contributed by atoms with Crippen LogP contribution in [0.3, 0.4) is 0 Å². The van der Waals surface area contributed by atoms with E-state index in [1.54, 1.807) is 19.2 Å². The molecule has 0 aliphatic rings. The Bertz CT molecular complexity index is 258. The topological polar surface area (TPSA) is 84.9 Å². The Morgan fingerprint density at radius 3 is 2.20 bits per heavy atom. The summed E-state index contributed by atoms with van der Waals surface area (Å²) in [6.45, 7) is 3.37. The molecule has 0 aliphatic carbocycles. The molecule has 0 spiro atoms. The van der Waals surface area contributed by atoms with Crippen LogP contribution in [0.1, 0.15) is 13.8 Å². The zero-order chi connectivity index (χ0) is 11.8. The SMILES string of the molecule is CCOC(=O)NC(=O)N(S)C(=O)OCC. The Morgan fingerprint density at radius 2 is 1.73 bits per heavy atom. The zero-order valence-electron chi connectivity index (χ0n) is 8.35. The van der Waals surface area contributed by atoms with Gasteiger partial charge in [0, 0.05) is 0 Å². The van der Waals surface area contributed by atoms with Crippen LogP contribution >= 0.6 is 12.8 Å². The number of imide groups is 2. The molecule has 4 amide bonds. The second kappa shape index (κ2) is 6.93. The summed E-state index contributed by atoms with van der Waals surface area (Å²) in [5.41, 5.74) is 0. The number of nitrogens with one attached hydrogen (secondary N) is 1. The predicted molar refractivity (Wildman–Crippen MR) is 53.4 cm³/mol. The van der Waals surface area contributed by atoms with Crippen LogP contribution in [-0.4, -0.2) is 35.7 Å². The molecule has 0 radical (unpaired) electrons. The molecule has 0 rings (SSSR count). The number of amides is 4. The summed E-state index contributed by atoms with van der Waals surface area (Å²) in [7, 11) is 0. The summed E-state index contributed by atoms with van der Waals surface area (Å²) in [6, 6.07) is -1.03. The van der Waals surface area contributed by atoms with E-state index in [9.17, 15) is 14.4 Å². The lowest BCUT2D eigenvalue weighted by molar-refractivity contribution is 0.133. The van der Waals surface area contributed by atoms with Crippen molar-refractivity contribution >= 4 is 31.0 Å². The molecule has 0 aromatic rings. The van der Waals surface area contributed by atoms with Crippen LogP contribution in [0.25, 0.3) is 0 Å². The van der Waals surface area contributed by atoms with Gasteiger partial charge in [0.1, 0.15) is 0 Å². The molecule has 0 aromatic heterocycles. The highest BCUT2D eigenvalue weighted by molar-refractivity contribution is 7.79. The van der Waals surface area contributed by atoms with E-state index in [0.717, 1.165) is 0 Å². The Hall–Kier alpha value is -1.44. The van der Waals surface area contributed by atoms with Gasteiger partial charge in [-0.3, -0.25) is 0 Å². The number of hydrogen-bond donors (Lipinski definition) is 2. The van der Waals surface area contributed by atoms with E-state index < -0.39 is 18.2 Å². The van der Waals surface area contributed by atoms with Gasteiger partial charge in [-0.25, -0.2) is 19.7 Å². The van der Waals surface area contributed by atoms with E-state index in [2.05, 4.69) is 22.3 Å². The maximum absolute atomic E-state index is 11.1. The van der Waals surface area contributed by atoms with Crippen molar-refractivity contribution in [3.8, 4) is 0 Å². The number of thiol groups is 1. The molecule has 1 N–H and O–H groups in total. The van der Waals surface area contributed by atoms with Gasteiger partial charge in [0.15, 0.2) is 0 Å². The number of carbonyl (C=O) groups is 3. The van der Waals surface area contributed by atoms with Crippen molar-refractivity contribution in [3.63, 3.8) is 0 Å². The highest BCUT2D eigenvalue weighted by atomic mass is 32.1. The highest BCUT2D eigenvalue weighted by Crippen LogP contribution is 1.98. The van der Waals surface area contributed by atoms with Gasteiger partial charge in [0.2, 0.25) is 0 Å². The molecule has 0 aromatic carbocycles. The van der Waals surface area contributed by atoms with Crippen LogP contribution < -0.4 is 5.32 Å². The number of urea groups is 1. The van der Waals surface area contributed by atoms with Gasteiger partial charge >= 0.3 is 18.2 Å². The normalized spacial score (nSPS) is 9.00. The molecule has 0 bridgehead atoms. The summed E-state index contributed by atoms with van der Waals surface area (Å²) in [4.78, 5) is 32.8. The third-order valence-electron chi connectivity index (χ3n) is 1.12. The molecular weight excluding hydrogens is 224 g/mol. The third kappa shape index (κ3) is 5.11. The zero-order valence-corrected chi connectivity index (χ0v) is 9.24. The number of nitrogens with zero attached hydrogens (tertiary/aromatic N) is 1. The quantitative estimate of drug-likeness (QED) is 0.703. The first-order valence-corrected chi connectivity index (χ1v) is 4.56. The van der Waals surface area contributed by atoms with Crippen molar-refractivity contribution < 1.29 is 23.9 Å². The van der Waals surface area contributed by atoms with Gasteiger partial charge < -0.3 is 9.47 Å². The van der Waals surface area contributed by atoms with Crippen molar-refractivity contribution in [1.29, 1.82) is 0 Å². The number of rotatable bonds is 2. The Kier molecular flexibility index (Phi) is 6.27. The van der Waals surface area contributed by atoms with Gasteiger partial charge in [-0.2, -0.15) is 4.31 Å². The number of alkyl carbamates (subject to hydrolysis) is 1. The molecule has 0 saturated heterocycles. The van der Waals surface area contributed by atoms with E-state index in [1.807, 2.05) is 0 Å². The number of ether oxygens (including phenoxy) is 2. The minimum absolute atomic E-state index is 0.0998. The molecule has 86 valence electrons. The van der Waals surface area contributed by atoms with Crippen LogP contribution in [0, 0.1) is 0 Å². The van der Waals surface area contributed by atoms with E-state index in [0.29, 0.717) is 4.31 Å². The molecule has 15 heavy (non-hydrogen) atoms. The van der Waals surface area contributed by atoms with Crippen LogP contribution in [-0.2, 0) is 9.47 Å². The molecule has 0 fully saturated rings. The average molecular weight is 236 g/mol. The molecule has 8 heteroatoms. The van der Waals surface area contributed by atoms with E-state index in [4.69, 9.17) is 0 Å². The molecule has 7 nitrogen and oxygen atoms in total. The van der Waals surface area contributed by atoms with Gasteiger partial charge in [0.25, 0.3) is 0 Å². The van der Waals surface area contributed by atoms with Gasteiger partial charge in [-0.05, 0) is 13.8 Å². The van der Waals surface area contributed by atoms with Crippen molar-refractivity contribution in [2.24, 2.45) is 0 Å². The second-order valence-corrected chi connectivity index (χ2v) is 2.56. The van der Waals surface area contributed by atoms with Gasteiger partial charge in [-0.15, -0.1) is 0 Å². The average Bonchev–Trinajstić information content (AvgIpc) is 2.17. The maximum atomic E-state index is 11.1. The van der Waals surface area contributed by atoms with Gasteiger partial charge in [0.05, 0.1) is 13.2 Å². The van der Waals surface area contributed by atoms with Crippen LogP contribution in [0.5, 0.6) is 0 Å². The highest BCUT2D eigenvalue weighted by Gasteiger charge is 2.21. The molecule has 0 heterocycles. The number of hydrogen-bond acceptors (Lipinski definition) is 6. The summed E-state index contributed by atoms with van der Waals surface area (Å²) in [5, 5.41) is 1.77. The molecular formula is C7H12N2O5S. The largest absolute Gasteiger partial charge is 0.450 e. The Labute approximate surface area is 92.2 Å². The smallest absolute Gasteiger partial charge is 0.428 e. The van der Waals surface area contributed by atoms with E-state index >= 15 is 0 Å². The first-order chi connectivity index (χ1) is 7.02. The number of carbonyl (C=O) groups excluding carboxylic acids is 3. The fourth-order valence-corrected chi connectivity index (χ4v) is 0.683. The minimum atomic E-state index is -1.03. The van der Waals surface area contributed by atoms with Crippen LogP contribution in [0.4, 0.5) is 14.4 Å². The fraction of sp³-hybridized carbons (Fsp3) is 0.571. The van der Waals surface area contributed by atoms with E-state index in [-0.39, 0.29) is 13.2 Å². The molecule has 0 aliphatic heterocycles. The minimum Gasteiger partial charge on any atom is -0.450 e. The van der Waals surface area contributed by atoms with Crippen molar-refractivity contribution in [3.05, 3.63) is 0 Å². The second-order valence-electron chi connectivity index (χ2n) is 2.16. The summed E-state index contributed by atoms with van der Waals surface area (Å²) in [5.74, 6) is 0. The molecule has 0 unspecified atom stereocenters. The summed E-state index contributed by atoms with van der Waals surface area (Å²) < 4.78 is 9.22. The first kappa shape index (κ1) is 13.6. The van der Waals surface area contributed by atoms with Gasteiger partial charge in [-0.1, -0.05) is 12.8 Å². The van der Waals surface area contributed by atoms with Crippen molar-refractivity contribution in [2.75, 3.05) is 13.2 Å². The Balaban J connectivity index is 4.09. The maximum Gasteiger partial charge on any atom is 0.428 e. The summed E-state index contributed by atoms with van der Waals surface area (Å²) >= 11 is 3.54. The van der Waals surface area contributed by atoms with Crippen LogP contribution in [0.15, 0.2) is 0 Å². The molecule has 0 saturated carbocycles. The summed E-state index contributed by atoms with van der Waals surface area (Å²) in [6.07, 6.45) is -1.92. The lowest BCUT2D eigenvalue weighted by Gasteiger charge is -2.12. The molecule has 0 atom stereocenters. The monoisotopic (exact) mass is 236 g/mol.